The first-order chi connectivity index (χ1) is 22.1. The van der Waals surface area contributed by atoms with E-state index in [0.717, 1.165) is 12.2 Å². The highest BCUT2D eigenvalue weighted by Gasteiger charge is 2.26. The van der Waals surface area contributed by atoms with Gasteiger partial charge in [-0.05, 0) is 65.4 Å². The van der Waals surface area contributed by atoms with Crippen LogP contribution in [-0.2, 0) is 11.8 Å². The third-order valence-electron chi connectivity index (χ3n) is 7.21. The van der Waals surface area contributed by atoms with E-state index in [1.54, 1.807) is 43.9 Å². The first-order valence-corrected chi connectivity index (χ1v) is 15.2. The van der Waals surface area contributed by atoms with E-state index in [1.165, 1.54) is 23.4 Å². The smallest absolute Gasteiger partial charge is 0.389 e. The van der Waals surface area contributed by atoms with Crippen molar-refractivity contribution in [1.82, 2.24) is 29.9 Å². The minimum atomic E-state index is -4.40. The Morgan fingerprint density at radius 1 is 1.19 bits per heavy atom. The summed E-state index contributed by atoms with van der Waals surface area (Å²) in [6, 6.07) is 0. The number of halogens is 4. The zero-order valence-electron chi connectivity index (χ0n) is 28.8. The van der Waals surface area contributed by atoms with Crippen molar-refractivity contribution in [2.45, 2.75) is 60.1 Å². The second-order valence-corrected chi connectivity index (χ2v) is 10.6. The monoisotopic (exact) mass is 664 g/mol. The fraction of sp³-hybridized carbons (Fsp3) is 0.471. The van der Waals surface area contributed by atoms with Gasteiger partial charge in [0, 0.05) is 73.9 Å². The first-order valence-electron chi connectivity index (χ1n) is 15.2. The van der Waals surface area contributed by atoms with E-state index in [-0.39, 0.29) is 12.0 Å². The maximum Gasteiger partial charge on any atom is 0.389 e. The quantitative estimate of drug-likeness (QED) is 0.0463. The lowest BCUT2D eigenvalue weighted by atomic mass is 10.1. The molecule has 1 aromatic rings. The number of aryl methyl sites for hydroxylation is 1. The minimum Gasteiger partial charge on any atom is -0.397 e. The van der Waals surface area contributed by atoms with E-state index in [9.17, 15) is 22.4 Å². The molecule has 47 heavy (non-hydrogen) atoms. The number of alkyl halides is 4. The number of hydrogen-bond acceptors (Lipinski definition) is 7. The van der Waals surface area contributed by atoms with Crippen LogP contribution in [0.25, 0.3) is 5.70 Å². The summed E-state index contributed by atoms with van der Waals surface area (Å²) in [5.74, 6) is 5.68. The van der Waals surface area contributed by atoms with Crippen molar-refractivity contribution in [2.24, 2.45) is 18.6 Å². The molecule has 0 saturated heterocycles. The molecule has 262 valence electrons. The molecule has 0 saturated carbocycles. The molecule has 13 heteroatoms. The molecule has 0 unspecified atom stereocenters. The van der Waals surface area contributed by atoms with Crippen LogP contribution in [0, 0.1) is 19.8 Å². The zero-order chi connectivity index (χ0) is 36.3. The summed E-state index contributed by atoms with van der Waals surface area (Å²) in [5, 5.41) is 8.22. The van der Waals surface area contributed by atoms with Gasteiger partial charge in [-0.2, -0.15) is 18.3 Å². The number of amides is 1. The molecule has 0 atom stereocenters. The molecule has 0 radical (unpaired) electrons. The highest BCUT2D eigenvalue weighted by molar-refractivity contribution is 5.97. The van der Waals surface area contributed by atoms with Gasteiger partial charge < -0.3 is 20.9 Å². The van der Waals surface area contributed by atoms with Gasteiger partial charge in [0.25, 0.3) is 5.91 Å². The van der Waals surface area contributed by atoms with Crippen molar-refractivity contribution in [1.29, 1.82) is 0 Å². The molecule has 0 aliphatic rings. The number of nitrogens with zero attached hydrogens (tertiary/aromatic N) is 5. The molecule has 0 aromatic carbocycles. The van der Waals surface area contributed by atoms with Gasteiger partial charge in [-0.25, -0.2) is 5.84 Å². The second-order valence-electron chi connectivity index (χ2n) is 10.6. The zero-order valence-corrected chi connectivity index (χ0v) is 28.8. The lowest BCUT2D eigenvalue weighted by Gasteiger charge is -2.28. The van der Waals surface area contributed by atoms with Crippen LogP contribution < -0.4 is 16.9 Å². The molecule has 5 N–H and O–H groups in total. The van der Waals surface area contributed by atoms with Crippen LogP contribution in [0.3, 0.4) is 0 Å². The fourth-order valence-electron chi connectivity index (χ4n) is 4.19. The Bertz CT molecular complexity index is 1340. The summed E-state index contributed by atoms with van der Waals surface area (Å²) < 4.78 is 54.3. The number of hydrogen-bond donors (Lipinski definition) is 3. The third kappa shape index (κ3) is 15.2. The number of carbonyl (C=O) groups excluding carboxylic acids is 1. The Morgan fingerprint density at radius 3 is 2.30 bits per heavy atom. The Hall–Kier alpha value is -4.28. The van der Waals surface area contributed by atoms with Crippen molar-refractivity contribution >= 4 is 11.6 Å². The molecule has 0 fully saturated rings. The van der Waals surface area contributed by atoms with E-state index < -0.39 is 31.6 Å². The summed E-state index contributed by atoms with van der Waals surface area (Å²) in [5.41, 5.74) is 9.98. The van der Waals surface area contributed by atoms with E-state index in [2.05, 4.69) is 34.7 Å². The molecular formula is C34H52F4N8O. The van der Waals surface area contributed by atoms with Crippen LogP contribution in [0.5, 0.6) is 0 Å². The topological polar surface area (TPSA) is 109 Å². The van der Waals surface area contributed by atoms with E-state index in [1.807, 2.05) is 32.7 Å². The van der Waals surface area contributed by atoms with E-state index in [0.29, 0.717) is 53.6 Å². The number of terminal acetylenes is 1. The average Bonchev–Trinajstić information content (AvgIpc) is 3.36. The van der Waals surface area contributed by atoms with Crippen LogP contribution >= 0.6 is 0 Å². The fourth-order valence-corrected chi connectivity index (χ4v) is 4.19. The van der Waals surface area contributed by atoms with Crippen molar-refractivity contribution in [3.63, 3.8) is 0 Å². The highest BCUT2D eigenvalue weighted by atomic mass is 19.4. The largest absolute Gasteiger partial charge is 0.397 e. The second kappa shape index (κ2) is 21.5. The maximum absolute atomic E-state index is 13.6. The molecule has 0 bridgehead atoms. The van der Waals surface area contributed by atoms with E-state index >= 15 is 0 Å². The molecular weight excluding hydrogens is 612 g/mol. The van der Waals surface area contributed by atoms with Gasteiger partial charge in [-0.3, -0.25) is 18.9 Å². The predicted molar refractivity (Wildman–Crippen MR) is 183 cm³/mol. The van der Waals surface area contributed by atoms with Gasteiger partial charge in [0.2, 0.25) is 0 Å². The lowest BCUT2D eigenvalue weighted by molar-refractivity contribution is -0.133. The summed E-state index contributed by atoms with van der Waals surface area (Å²) in [6.45, 7) is 15.1. The summed E-state index contributed by atoms with van der Waals surface area (Å²) in [4.78, 5) is 17.6. The number of allylic oxidation sites excluding steroid dienone is 5. The molecule has 1 rings (SSSR count). The summed E-state index contributed by atoms with van der Waals surface area (Å²) in [7, 11) is 3.75. The van der Waals surface area contributed by atoms with Crippen molar-refractivity contribution in [3.8, 4) is 12.8 Å². The molecule has 9 nitrogen and oxygen atoms in total. The number of rotatable bonds is 18. The van der Waals surface area contributed by atoms with Gasteiger partial charge in [0.1, 0.15) is 0 Å². The van der Waals surface area contributed by atoms with Gasteiger partial charge in [-0.1, -0.05) is 25.7 Å². The Balaban J connectivity index is 0.0000104. The Morgan fingerprint density at radius 2 is 1.83 bits per heavy atom. The molecule has 0 aliphatic carbocycles. The number of nitrogens with one attached hydrogen (secondary N) is 1. The van der Waals surface area contributed by atoms with Crippen LogP contribution in [-0.4, -0.2) is 76.6 Å². The predicted octanol–water partition coefficient (Wildman–Crippen LogP) is 5.68. The van der Waals surface area contributed by atoms with Crippen LogP contribution in [0.4, 0.5) is 17.6 Å². The number of hydrazine groups is 1. The molecule has 1 heterocycles. The van der Waals surface area contributed by atoms with Crippen LogP contribution in [0.15, 0.2) is 71.5 Å². The van der Waals surface area contributed by atoms with Crippen molar-refractivity contribution in [3.05, 3.63) is 82.8 Å². The van der Waals surface area contributed by atoms with Crippen molar-refractivity contribution in [2.75, 3.05) is 39.9 Å². The normalized spacial score (nSPS) is 13.3. The van der Waals surface area contributed by atoms with E-state index in [4.69, 9.17) is 11.6 Å². The van der Waals surface area contributed by atoms with Crippen LogP contribution in [0.2, 0.25) is 0 Å². The Kier molecular flexibility index (Phi) is 19.5. The SMILES string of the molecule is C#C.C=C(C)/C(=C\C(=C/C)NC(=O)C(=C/CCC(F)(F)F)/C=C(\CCF)N(CC)CCN(C)CC)N(N)/C=C(\N)c1cnn(C)c1C. The Labute approximate surface area is 278 Å². The summed E-state index contributed by atoms with van der Waals surface area (Å²) in [6.07, 6.45) is 11.1. The average molecular weight is 665 g/mol. The number of nitrogens with two attached hydrogens (primary N) is 2. The van der Waals surface area contributed by atoms with Gasteiger partial charge in [-0.15, -0.1) is 12.8 Å². The lowest BCUT2D eigenvalue weighted by Crippen LogP contribution is -2.33. The van der Waals surface area contributed by atoms with Crippen LogP contribution in [0.1, 0.15) is 58.2 Å². The number of carbonyl (C=O) groups is 1. The number of aromatic nitrogens is 2. The molecule has 0 spiro atoms. The molecule has 0 aliphatic heterocycles. The van der Waals surface area contributed by atoms with Gasteiger partial charge in [0.05, 0.1) is 24.3 Å². The minimum absolute atomic E-state index is 0.00424. The molecule has 1 amide bonds. The molecule has 1 aromatic heterocycles. The number of likely N-dealkylation sites (N-methyl/N-ethyl adjacent to an activating group) is 2. The van der Waals surface area contributed by atoms with Gasteiger partial charge in [0.15, 0.2) is 0 Å². The third-order valence-corrected chi connectivity index (χ3v) is 7.21. The maximum atomic E-state index is 13.6. The standard InChI is InChI=1S/C32H50F4N8O.C2H2/c1-9-26(20-30(23(4)5)44(38)22-29(37)28-21-39-42(8)24(28)6)40-31(45)25(13-12-15-32(34,35)36)19-27(14-16-33)43(11-3)18-17-41(7)10-2;1-2/h9,13,19-22H,4,10-12,14-18,37-38H2,1-3,5-8H3,(H,40,45);1-2H/b25-13+,26-9+,27-19+,29-22-,30-20+;. The van der Waals surface area contributed by atoms with Gasteiger partial charge >= 0.3 is 6.18 Å². The first kappa shape index (κ1) is 42.7. The highest BCUT2D eigenvalue weighted by Crippen LogP contribution is 2.23. The summed E-state index contributed by atoms with van der Waals surface area (Å²) >= 11 is 0. The van der Waals surface area contributed by atoms with Crippen molar-refractivity contribution < 1.29 is 22.4 Å².